The molecule has 12 heavy (non-hydrogen) atoms. The first kappa shape index (κ1) is 9.05. The quantitative estimate of drug-likeness (QED) is 0.433. The van der Waals surface area contributed by atoms with Crippen LogP contribution in [0, 0.1) is 0 Å². The van der Waals surface area contributed by atoms with Crippen molar-refractivity contribution in [1.29, 1.82) is 0 Å². The maximum atomic E-state index is 3.64. The lowest BCUT2D eigenvalue weighted by Crippen LogP contribution is -1.79. The molecule has 64 valence electrons. The predicted molar refractivity (Wildman–Crippen MR) is 55.0 cm³/mol. The molecule has 1 aliphatic carbocycles. The summed E-state index contributed by atoms with van der Waals surface area (Å²) in [7, 11) is 0. The summed E-state index contributed by atoms with van der Waals surface area (Å²) < 4.78 is 0. The second-order valence-corrected chi connectivity index (χ2v) is 3.30. The lowest BCUT2D eigenvalue weighted by Gasteiger charge is -2.00. The molecule has 0 N–H and O–H groups in total. The minimum Gasteiger partial charge on any atom is -0.0991 e. The number of rotatable bonds is 4. The van der Waals surface area contributed by atoms with Crippen molar-refractivity contribution in [2.75, 3.05) is 0 Å². The molecule has 0 fully saturated rings. The highest BCUT2D eigenvalue weighted by molar-refractivity contribution is 5.32. The number of allylic oxidation sites excluding steroid dienone is 7. The Labute approximate surface area is 75.0 Å². The van der Waals surface area contributed by atoms with Gasteiger partial charge in [-0.05, 0) is 26.7 Å². The van der Waals surface area contributed by atoms with Gasteiger partial charge in [0.15, 0.2) is 0 Å². The van der Waals surface area contributed by atoms with Crippen LogP contribution < -0.4 is 0 Å². The molecule has 0 spiro atoms. The average Bonchev–Trinajstić information content (AvgIpc) is 2.83. The van der Waals surface area contributed by atoms with E-state index in [9.17, 15) is 0 Å². The van der Waals surface area contributed by atoms with Crippen LogP contribution in [0.15, 0.2) is 47.6 Å². The highest BCUT2D eigenvalue weighted by Gasteiger charge is 2.07. The topological polar surface area (TPSA) is 0 Å². The molecule has 0 saturated heterocycles. The van der Waals surface area contributed by atoms with Crippen LogP contribution in [0.3, 0.4) is 0 Å². The zero-order valence-electron chi connectivity index (χ0n) is 7.93. The van der Waals surface area contributed by atoms with Gasteiger partial charge in [0, 0.05) is 0 Å². The molecular weight excluding hydrogens is 144 g/mol. The van der Waals surface area contributed by atoms with Crippen molar-refractivity contribution < 1.29 is 0 Å². The number of hydrogen-bond donors (Lipinski definition) is 0. The molecule has 0 heterocycles. The van der Waals surface area contributed by atoms with Crippen molar-refractivity contribution in [1.82, 2.24) is 0 Å². The van der Waals surface area contributed by atoms with Gasteiger partial charge in [-0.25, -0.2) is 0 Å². The van der Waals surface area contributed by atoms with Gasteiger partial charge in [-0.15, -0.1) is 0 Å². The Balaban J connectivity index is 2.53. The maximum Gasteiger partial charge on any atom is -0.0102 e. The molecule has 0 saturated carbocycles. The molecule has 1 aliphatic rings. The summed E-state index contributed by atoms with van der Waals surface area (Å²) in [6, 6.07) is 0. The van der Waals surface area contributed by atoms with E-state index < -0.39 is 0 Å². The molecule has 0 atom stereocenters. The van der Waals surface area contributed by atoms with Gasteiger partial charge < -0.3 is 0 Å². The molecule has 0 bridgehead atoms. The van der Waals surface area contributed by atoms with E-state index in [4.69, 9.17) is 0 Å². The van der Waals surface area contributed by atoms with Crippen LogP contribution >= 0.6 is 0 Å². The van der Waals surface area contributed by atoms with Crippen molar-refractivity contribution in [3.8, 4) is 0 Å². The van der Waals surface area contributed by atoms with Crippen molar-refractivity contribution in [3.63, 3.8) is 0 Å². The number of hydrogen-bond acceptors (Lipinski definition) is 0. The van der Waals surface area contributed by atoms with E-state index in [2.05, 4.69) is 32.6 Å². The largest absolute Gasteiger partial charge is 0.0991 e. The normalized spacial score (nSPS) is 17.3. The molecule has 0 heteroatoms. The van der Waals surface area contributed by atoms with E-state index in [1.165, 1.54) is 17.6 Å². The Morgan fingerprint density at radius 2 is 2.25 bits per heavy atom. The average molecular weight is 160 g/mol. The second kappa shape index (κ2) is 4.10. The van der Waals surface area contributed by atoms with E-state index in [1.54, 1.807) is 5.57 Å². The lowest BCUT2D eigenvalue weighted by molar-refractivity contribution is 1.12. The Kier molecular flexibility index (Phi) is 3.09. The van der Waals surface area contributed by atoms with E-state index in [0.717, 1.165) is 6.42 Å². The standard InChI is InChI=1S/C12H16/c1-4-5-6-10(2)11(3)9-12-7-8-12/h4-7H,1,8-9H2,2-3H3. The van der Waals surface area contributed by atoms with Crippen LogP contribution in [0.2, 0.25) is 0 Å². The van der Waals surface area contributed by atoms with Gasteiger partial charge in [0.1, 0.15) is 0 Å². The third kappa shape index (κ3) is 2.91. The first-order valence-electron chi connectivity index (χ1n) is 4.37. The molecule has 0 nitrogen and oxygen atoms in total. The van der Waals surface area contributed by atoms with E-state index in [0.29, 0.717) is 0 Å². The first-order chi connectivity index (χ1) is 5.74. The molecule has 0 radical (unpaired) electrons. The van der Waals surface area contributed by atoms with E-state index in [-0.39, 0.29) is 0 Å². The summed E-state index contributed by atoms with van der Waals surface area (Å²) in [6.45, 7) is 7.99. The molecule has 0 aromatic rings. The Morgan fingerprint density at radius 3 is 2.75 bits per heavy atom. The van der Waals surface area contributed by atoms with Gasteiger partial charge in [0.05, 0.1) is 0 Å². The highest BCUT2D eigenvalue weighted by Crippen LogP contribution is 2.27. The summed E-state index contributed by atoms with van der Waals surface area (Å²) in [6.07, 6.45) is 10.6. The van der Waals surface area contributed by atoms with Crippen LogP contribution in [0.25, 0.3) is 0 Å². The Morgan fingerprint density at radius 1 is 1.58 bits per heavy atom. The molecule has 0 amide bonds. The minimum absolute atomic E-state index is 1.16. The third-order valence-electron chi connectivity index (χ3n) is 2.14. The summed E-state index contributed by atoms with van der Waals surface area (Å²) >= 11 is 0. The molecule has 0 aromatic heterocycles. The first-order valence-corrected chi connectivity index (χ1v) is 4.37. The molecule has 0 aromatic carbocycles. The third-order valence-corrected chi connectivity index (χ3v) is 2.14. The zero-order chi connectivity index (χ0) is 8.97. The van der Waals surface area contributed by atoms with Gasteiger partial charge in [-0.2, -0.15) is 0 Å². The van der Waals surface area contributed by atoms with Crippen molar-refractivity contribution in [3.05, 3.63) is 47.6 Å². The van der Waals surface area contributed by atoms with Crippen LogP contribution in [0.1, 0.15) is 26.7 Å². The van der Waals surface area contributed by atoms with Crippen LogP contribution in [-0.2, 0) is 0 Å². The van der Waals surface area contributed by atoms with Crippen LogP contribution in [0.5, 0.6) is 0 Å². The summed E-state index contributed by atoms with van der Waals surface area (Å²) in [5.74, 6) is 0. The van der Waals surface area contributed by atoms with Gasteiger partial charge >= 0.3 is 0 Å². The molecule has 0 unspecified atom stereocenters. The smallest absolute Gasteiger partial charge is 0.0102 e. The van der Waals surface area contributed by atoms with Gasteiger partial charge in [-0.1, -0.05) is 47.6 Å². The summed E-state index contributed by atoms with van der Waals surface area (Å²) in [5, 5.41) is 0. The van der Waals surface area contributed by atoms with Gasteiger partial charge in [0.25, 0.3) is 0 Å². The SMILES string of the molecule is C=CC=CC(C)=C(C)CC1=CC1. The van der Waals surface area contributed by atoms with Crippen LogP contribution in [0.4, 0.5) is 0 Å². The van der Waals surface area contributed by atoms with Crippen molar-refractivity contribution in [2.24, 2.45) is 0 Å². The van der Waals surface area contributed by atoms with Crippen LogP contribution in [-0.4, -0.2) is 0 Å². The van der Waals surface area contributed by atoms with E-state index >= 15 is 0 Å². The van der Waals surface area contributed by atoms with Crippen molar-refractivity contribution in [2.45, 2.75) is 26.7 Å². The second-order valence-electron chi connectivity index (χ2n) is 3.30. The monoisotopic (exact) mass is 160 g/mol. The fraction of sp³-hybridized carbons (Fsp3) is 0.333. The van der Waals surface area contributed by atoms with Gasteiger partial charge in [0.2, 0.25) is 0 Å². The lowest BCUT2D eigenvalue weighted by atomic mass is 10.1. The molecule has 1 rings (SSSR count). The minimum atomic E-state index is 1.16. The Bertz CT molecular complexity index is 262. The highest BCUT2D eigenvalue weighted by atomic mass is 14.1. The fourth-order valence-corrected chi connectivity index (χ4v) is 1.05. The summed E-state index contributed by atoms with van der Waals surface area (Å²) in [4.78, 5) is 0. The predicted octanol–water partition coefficient (Wildman–Crippen LogP) is 3.79. The Hall–Kier alpha value is -1.04. The fourth-order valence-electron chi connectivity index (χ4n) is 1.05. The maximum absolute atomic E-state index is 3.64. The van der Waals surface area contributed by atoms with Crippen molar-refractivity contribution >= 4 is 0 Å². The summed E-state index contributed by atoms with van der Waals surface area (Å²) in [5.41, 5.74) is 4.42. The molecule has 0 aliphatic heterocycles. The zero-order valence-corrected chi connectivity index (χ0v) is 7.93. The van der Waals surface area contributed by atoms with E-state index in [1.807, 2.05) is 12.2 Å². The molecular formula is C12H16. The van der Waals surface area contributed by atoms with Gasteiger partial charge in [-0.3, -0.25) is 0 Å².